The largest absolute Gasteiger partial charge is 0.397 e. The molecule has 0 fully saturated rings. The molecule has 156 valence electrons. The second-order valence-electron chi connectivity index (χ2n) is 8.85. The molecular weight excluding hydrogens is 466 g/mol. The first-order valence-electron chi connectivity index (χ1n) is 11.2. The zero-order chi connectivity index (χ0) is 22.2. The number of hydrogen-bond acceptors (Lipinski definition) is 1. The lowest BCUT2D eigenvalue weighted by Crippen LogP contribution is -2.25. The Morgan fingerprint density at radius 1 is 0.485 bits per heavy atom. The molecule has 5 aromatic carbocycles. The number of nitrogens with two attached hydrogens (primary N) is 1. The van der Waals surface area contributed by atoms with Crippen LogP contribution in [0, 0.1) is 0 Å². The van der Waals surface area contributed by atoms with Crippen LogP contribution in [0.25, 0.3) is 33.4 Å². The molecule has 0 amide bonds. The quantitative estimate of drug-likeness (QED) is 0.234. The molecule has 0 saturated carbocycles. The molecule has 1 nitrogen and oxygen atoms in total. The number of halogens is 1. The second-order valence-corrected chi connectivity index (χ2v) is 9.70. The van der Waals surface area contributed by atoms with E-state index in [4.69, 9.17) is 5.73 Å². The van der Waals surface area contributed by atoms with E-state index in [1.807, 2.05) is 12.1 Å². The van der Waals surface area contributed by atoms with Gasteiger partial charge in [-0.05, 0) is 78.1 Å². The van der Waals surface area contributed by atoms with Gasteiger partial charge in [-0.25, -0.2) is 0 Å². The summed E-state index contributed by atoms with van der Waals surface area (Å²) >= 11 is 3.59. The smallest absolute Gasteiger partial charge is 0.0725 e. The van der Waals surface area contributed by atoms with Crippen LogP contribution in [-0.2, 0) is 5.41 Å². The molecule has 2 N–H and O–H groups in total. The molecule has 0 aliphatic heterocycles. The van der Waals surface area contributed by atoms with Crippen LogP contribution in [0.5, 0.6) is 0 Å². The highest BCUT2D eigenvalue weighted by molar-refractivity contribution is 9.10. The summed E-state index contributed by atoms with van der Waals surface area (Å²) in [6.07, 6.45) is 0. The van der Waals surface area contributed by atoms with Crippen LogP contribution in [0.3, 0.4) is 0 Å². The van der Waals surface area contributed by atoms with Crippen LogP contribution >= 0.6 is 15.9 Å². The van der Waals surface area contributed by atoms with Gasteiger partial charge < -0.3 is 5.73 Å². The monoisotopic (exact) mass is 485 g/mol. The average Bonchev–Trinajstić information content (AvgIpc) is 3.33. The lowest BCUT2D eigenvalue weighted by atomic mass is 9.70. The highest BCUT2D eigenvalue weighted by atomic mass is 79.9. The Labute approximate surface area is 201 Å². The first-order valence-corrected chi connectivity index (χ1v) is 12.0. The number of anilines is 1. The summed E-state index contributed by atoms with van der Waals surface area (Å²) in [6.45, 7) is 0. The lowest BCUT2D eigenvalue weighted by molar-refractivity contribution is 0.794. The predicted molar refractivity (Wildman–Crippen MR) is 140 cm³/mol. The standard InChI is InChI=1S/C31H20BrN/c32-29-15-7-11-20(30(29)33)19-16-17-28-24(18-19)23-10-3-6-14-27(23)31(28)25-12-4-1-8-21(25)22-9-2-5-13-26(22)31/h1-18H,33H2. The Kier molecular flexibility index (Phi) is 3.83. The number of nitrogen functional groups attached to an aromatic ring is 1. The van der Waals surface area contributed by atoms with Crippen molar-refractivity contribution in [2.75, 3.05) is 5.73 Å². The average molecular weight is 486 g/mol. The summed E-state index contributed by atoms with van der Waals surface area (Å²) in [5.74, 6) is 0. The summed E-state index contributed by atoms with van der Waals surface area (Å²) in [7, 11) is 0. The van der Waals surface area contributed by atoms with Crippen LogP contribution in [-0.4, -0.2) is 0 Å². The molecule has 1 spiro atoms. The maximum Gasteiger partial charge on any atom is 0.0725 e. The van der Waals surface area contributed by atoms with Crippen molar-refractivity contribution in [3.8, 4) is 33.4 Å². The van der Waals surface area contributed by atoms with Gasteiger partial charge in [-0.3, -0.25) is 0 Å². The van der Waals surface area contributed by atoms with Crippen LogP contribution in [0.1, 0.15) is 22.3 Å². The van der Waals surface area contributed by atoms with E-state index >= 15 is 0 Å². The summed E-state index contributed by atoms with van der Waals surface area (Å²) in [4.78, 5) is 0. The first kappa shape index (κ1) is 18.9. The van der Waals surface area contributed by atoms with E-state index < -0.39 is 0 Å². The molecule has 5 aromatic rings. The maximum atomic E-state index is 6.45. The van der Waals surface area contributed by atoms with Crippen LogP contribution in [0.2, 0.25) is 0 Å². The molecule has 0 bridgehead atoms. The minimum Gasteiger partial charge on any atom is -0.397 e. The molecule has 2 aliphatic carbocycles. The third kappa shape index (κ3) is 2.31. The Bertz CT molecular complexity index is 1550. The number of para-hydroxylation sites is 1. The van der Waals surface area contributed by atoms with Crippen molar-refractivity contribution in [2.45, 2.75) is 5.41 Å². The second kappa shape index (κ2) is 6.69. The summed E-state index contributed by atoms with van der Waals surface area (Å²) in [5.41, 5.74) is 19.8. The molecule has 7 rings (SSSR count). The molecule has 33 heavy (non-hydrogen) atoms. The third-order valence-electron chi connectivity index (χ3n) is 7.36. The van der Waals surface area contributed by atoms with Crippen molar-refractivity contribution in [1.29, 1.82) is 0 Å². The van der Waals surface area contributed by atoms with Gasteiger partial charge in [0.05, 0.1) is 11.1 Å². The van der Waals surface area contributed by atoms with Gasteiger partial charge in [-0.15, -0.1) is 0 Å². The van der Waals surface area contributed by atoms with Gasteiger partial charge in [0.2, 0.25) is 0 Å². The molecular formula is C31H20BrN. The van der Waals surface area contributed by atoms with E-state index in [2.05, 4.69) is 113 Å². The van der Waals surface area contributed by atoms with Gasteiger partial charge in [0, 0.05) is 10.0 Å². The minimum atomic E-state index is -0.291. The van der Waals surface area contributed by atoms with Crippen molar-refractivity contribution in [1.82, 2.24) is 0 Å². The molecule has 0 saturated heterocycles. The summed E-state index contributed by atoms with van der Waals surface area (Å²) < 4.78 is 0.927. The SMILES string of the molecule is Nc1c(Br)cccc1-c1ccc2c(c1)-c1ccccc1C21c2ccccc2-c2ccccc21. The molecule has 0 unspecified atom stereocenters. The lowest BCUT2D eigenvalue weighted by Gasteiger charge is -2.30. The minimum absolute atomic E-state index is 0.291. The summed E-state index contributed by atoms with van der Waals surface area (Å²) in [6, 6.07) is 39.7. The fourth-order valence-corrected chi connectivity index (χ4v) is 6.42. The van der Waals surface area contributed by atoms with Gasteiger partial charge in [-0.2, -0.15) is 0 Å². The Morgan fingerprint density at radius 2 is 0.970 bits per heavy atom. The number of hydrogen-bond donors (Lipinski definition) is 1. The highest BCUT2D eigenvalue weighted by Gasteiger charge is 2.51. The Hall–Kier alpha value is -3.62. The van der Waals surface area contributed by atoms with Crippen LogP contribution < -0.4 is 5.73 Å². The van der Waals surface area contributed by atoms with Crippen molar-refractivity contribution >= 4 is 21.6 Å². The maximum absolute atomic E-state index is 6.45. The van der Waals surface area contributed by atoms with E-state index in [0.717, 1.165) is 21.3 Å². The summed E-state index contributed by atoms with van der Waals surface area (Å²) in [5, 5.41) is 0. The van der Waals surface area contributed by atoms with Crippen molar-refractivity contribution < 1.29 is 0 Å². The van der Waals surface area contributed by atoms with Gasteiger partial charge in [0.15, 0.2) is 0 Å². The predicted octanol–water partition coefficient (Wildman–Crippen LogP) is 8.04. The fourth-order valence-electron chi connectivity index (χ4n) is 6.06. The van der Waals surface area contributed by atoms with E-state index in [9.17, 15) is 0 Å². The van der Waals surface area contributed by atoms with Crippen LogP contribution in [0.4, 0.5) is 5.69 Å². The van der Waals surface area contributed by atoms with Crippen molar-refractivity contribution in [3.05, 3.63) is 136 Å². The topological polar surface area (TPSA) is 26.0 Å². The molecule has 2 aliphatic rings. The molecule has 0 heterocycles. The molecule has 2 heteroatoms. The fraction of sp³-hybridized carbons (Fsp3) is 0.0323. The van der Waals surface area contributed by atoms with E-state index in [-0.39, 0.29) is 5.41 Å². The van der Waals surface area contributed by atoms with E-state index in [1.165, 1.54) is 44.5 Å². The van der Waals surface area contributed by atoms with Crippen LogP contribution in [0.15, 0.2) is 114 Å². The van der Waals surface area contributed by atoms with Crippen molar-refractivity contribution in [3.63, 3.8) is 0 Å². The number of fused-ring (bicyclic) bond motifs is 10. The van der Waals surface area contributed by atoms with Crippen molar-refractivity contribution in [2.24, 2.45) is 0 Å². The zero-order valence-corrected chi connectivity index (χ0v) is 19.4. The number of rotatable bonds is 1. The Balaban J connectivity index is 1.59. The van der Waals surface area contributed by atoms with Gasteiger partial charge in [0.25, 0.3) is 0 Å². The normalized spacial score (nSPS) is 14.0. The molecule has 0 atom stereocenters. The first-order chi connectivity index (χ1) is 16.2. The molecule has 0 radical (unpaired) electrons. The van der Waals surface area contributed by atoms with E-state index in [1.54, 1.807) is 0 Å². The van der Waals surface area contributed by atoms with E-state index in [0.29, 0.717) is 0 Å². The van der Waals surface area contributed by atoms with Gasteiger partial charge >= 0.3 is 0 Å². The highest BCUT2D eigenvalue weighted by Crippen LogP contribution is 2.62. The zero-order valence-electron chi connectivity index (χ0n) is 17.8. The third-order valence-corrected chi connectivity index (χ3v) is 8.05. The number of benzene rings is 5. The van der Waals surface area contributed by atoms with Gasteiger partial charge in [-0.1, -0.05) is 97.1 Å². The molecule has 0 aromatic heterocycles. The van der Waals surface area contributed by atoms with Gasteiger partial charge in [0.1, 0.15) is 0 Å². The Morgan fingerprint density at radius 3 is 1.58 bits per heavy atom.